The van der Waals surface area contributed by atoms with Crippen molar-refractivity contribution in [3.05, 3.63) is 96.1 Å². The summed E-state index contributed by atoms with van der Waals surface area (Å²) in [6, 6.07) is 28.9. The monoisotopic (exact) mass is 576 g/mol. The molecule has 6 nitrogen and oxygen atoms in total. The number of hydrogen-bond acceptors (Lipinski definition) is 4. The lowest BCUT2D eigenvalue weighted by Crippen LogP contribution is -2.24. The zero-order valence-corrected chi connectivity index (χ0v) is 24.9. The Morgan fingerprint density at radius 2 is 1.65 bits per heavy atom. The fourth-order valence-corrected chi connectivity index (χ4v) is 6.67. The summed E-state index contributed by atoms with van der Waals surface area (Å²) >= 11 is 0. The molecule has 0 aliphatic heterocycles. The minimum Gasteiger partial charge on any atom is -0.493 e. The van der Waals surface area contributed by atoms with Gasteiger partial charge in [-0.1, -0.05) is 92.1 Å². The molecule has 222 valence electrons. The molecule has 1 aliphatic carbocycles. The Morgan fingerprint density at radius 3 is 2.49 bits per heavy atom. The van der Waals surface area contributed by atoms with Crippen LogP contribution in [0.4, 0.5) is 4.79 Å². The quantitative estimate of drug-likeness (QED) is 0.121. The molecule has 1 aromatic heterocycles. The van der Waals surface area contributed by atoms with E-state index in [2.05, 4.69) is 66.8 Å². The fraction of sp³-hybridized carbons (Fsp3) is 0.324. The van der Waals surface area contributed by atoms with Gasteiger partial charge in [0.05, 0.1) is 12.1 Å². The number of rotatable bonds is 11. The van der Waals surface area contributed by atoms with Crippen LogP contribution in [0, 0.1) is 12.8 Å². The predicted octanol–water partition coefficient (Wildman–Crippen LogP) is 8.97. The van der Waals surface area contributed by atoms with Gasteiger partial charge in [0, 0.05) is 29.4 Å². The summed E-state index contributed by atoms with van der Waals surface area (Å²) in [5.74, 6) is 1.91. The molecule has 0 atom stereocenters. The Balaban J connectivity index is 1.33. The van der Waals surface area contributed by atoms with Crippen LogP contribution in [0.15, 0.2) is 84.9 Å². The lowest BCUT2D eigenvalue weighted by Gasteiger charge is -2.22. The number of nitrogens with one attached hydrogen (secondary N) is 1. The summed E-state index contributed by atoms with van der Waals surface area (Å²) < 4.78 is 13.9. The molecule has 1 saturated carbocycles. The average molecular weight is 577 g/mol. The standard InChI is InChI=1S/C37H40N2O4/c1-26-12-5-7-17-29(26)31-19-10-20-33-35(31)32(25-38-24-27-13-3-2-4-14-27)36(43-37(40)41)39(33)22-11-23-42-34-21-9-16-28-15-6-8-18-30(28)34/h5-10,12,15-21,27,38H,2-4,11,13-14,22-25H2,1H3,(H,40,41). The second-order valence-corrected chi connectivity index (χ2v) is 11.6. The Hall–Kier alpha value is -4.29. The molecule has 0 unspecified atom stereocenters. The third kappa shape index (κ3) is 6.40. The molecule has 4 aromatic carbocycles. The van der Waals surface area contributed by atoms with E-state index >= 15 is 0 Å². The van der Waals surface area contributed by atoms with Gasteiger partial charge in [-0.3, -0.25) is 0 Å². The number of carboxylic acid groups (broad SMARTS) is 1. The first-order chi connectivity index (χ1) is 21.1. The second kappa shape index (κ2) is 13.3. The van der Waals surface area contributed by atoms with Crippen molar-refractivity contribution in [2.75, 3.05) is 13.2 Å². The van der Waals surface area contributed by atoms with E-state index in [1.165, 1.54) is 37.7 Å². The maximum absolute atomic E-state index is 12.0. The first-order valence-electron chi connectivity index (χ1n) is 15.5. The molecule has 0 bridgehead atoms. The van der Waals surface area contributed by atoms with Crippen molar-refractivity contribution in [3.8, 4) is 22.8 Å². The van der Waals surface area contributed by atoms with Gasteiger partial charge in [-0.2, -0.15) is 0 Å². The van der Waals surface area contributed by atoms with Gasteiger partial charge in [0.1, 0.15) is 5.75 Å². The number of nitrogens with zero attached hydrogens (tertiary/aromatic N) is 1. The smallest absolute Gasteiger partial charge is 0.493 e. The van der Waals surface area contributed by atoms with Crippen LogP contribution in [-0.2, 0) is 13.1 Å². The van der Waals surface area contributed by atoms with E-state index in [0.717, 1.165) is 50.7 Å². The fourth-order valence-electron chi connectivity index (χ4n) is 6.67. The van der Waals surface area contributed by atoms with E-state index in [-0.39, 0.29) is 0 Å². The summed E-state index contributed by atoms with van der Waals surface area (Å²) in [6.07, 6.45) is 5.78. The summed E-state index contributed by atoms with van der Waals surface area (Å²) in [6.45, 7) is 4.63. The van der Waals surface area contributed by atoms with Crippen molar-refractivity contribution in [1.82, 2.24) is 9.88 Å². The number of benzene rings is 4. The number of carbonyl (C=O) groups is 1. The number of ether oxygens (including phenoxy) is 2. The maximum atomic E-state index is 12.0. The van der Waals surface area contributed by atoms with Crippen molar-refractivity contribution in [3.63, 3.8) is 0 Å². The highest BCUT2D eigenvalue weighted by Gasteiger charge is 2.24. The van der Waals surface area contributed by atoms with E-state index in [9.17, 15) is 9.90 Å². The van der Waals surface area contributed by atoms with Gasteiger partial charge in [-0.25, -0.2) is 4.79 Å². The van der Waals surface area contributed by atoms with Gasteiger partial charge in [-0.05, 0) is 72.9 Å². The summed E-state index contributed by atoms with van der Waals surface area (Å²) in [7, 11) is 0. The van der Waals surface area contributed by atoms with Crippen LogP contribution in [0.1, 0.15) is 49.7 Å². The largest absolute Gasteiger partial charge is 0.512 e. The molecule has 2 N–H and O–H groups in total. The molecule has 5 aromatic rings. The molecular formula is C37H40N2O4. The van der Waals surface area contributed by atoms with Gasteiger partial charge in [0.25, 0.3) is 0 Å². The number of fused-ring (bicyclic) bond motifs is 2. The average Bonchev–Trinajstić information content (AvgIpc) is 3.31. The number of hydrogen-bond donors (Lipinski definition) is 2. The molecule has 43 heavy (non-hydrogen) atoms. The maximum Gasteiger partial charge on any atom is 0.512 e. The van der Waals surface area contributed by atoms with Crippen LogP contribution in [0.3, 0.4) is 0 Å². The topological polar surface area (TPSA) is 72.7 Å². The molecule has 0 amide bonds. The van der Waals surface area contributed by atoms with E-state index in [1.54, 1.807) is 0 Å². The lowest BCUT2D eigenvalue weighted by molar-refractivity contribution is 0.140. The van der Waals surface area contributed by atoms with Crippen molar-refractivity contribution in [2.45, 2.75) is 58.5 Å². The van der Waals surface area contributed by atoms with Crippen LogP contribution < -0.4 is 14.8 Å². The van der Waals surface area contributed by atoms with Gasteiger partial charge in [0.2, 0.25) is 5.88 Å². The van der Waals surface area contributed by atoms with Crippen LogP contribution in [0.5, 0.6) is 11.6 Å². The molecular weight excluding hydrogens is 536 g/mol. The molecule has 0 spiro atoms. The number of aryl methyl sites for hydroxylation is 2. The summed E-state index contributed by atoms with van der Waals surface area (Å²) in [4.78, 5) is 12.0. The third-order valence-corrected chi connectivity index (χ3v) is 8.75. The molecule has 1 heterocycles. The molecule has 1 fully saturated rings. The minimum absolute atomic E-state index is 0.393. The van der Waals surface area contributed by atoms with Gasteiger partial charge < -0.3 is 24.5 Å². The molecule has 6 heteroatoms. The first-order valence-corrected chi connectivity index (χ1v) is 15.5. The third-order valence-electron chi connectivity index (χ3n) is 8.75. The normalized spacial score (nSPS) is 13.9. The van der Waals surface area contributed by atoms with Crippen molar-refractivity contribution < 1.29 is 19.4 Å². The molecule has 0 radical (unpaired) electrons. The van der Waals surface area contributed by atoms with Crippen LogP contribution in [0.2, 0.25) is 0 Å². The molecule has 0 saturated heterocycles. The Kier molecular flexibility index (Phi) is 8.94. The predicted molar refractivity (Wildman–Crippen MR) is 173 cm³/mol. The minimum atomic E-state index is -1.30. The zero-order chi connectivity index (χ0) is 29.6. The van der Waals surface area contributed by atoms with Crippen LogP contribution in [-0.4, -0.2) is 29.0 Å². The zero-order valence-electron chi connectivity index (χ0n) is 24.9. The Morgan fingerprint density at radius 1 is 0.907 bits per heavy atom. The summed E-state index contributed by atoms with van der Waals surface area (Å²) in [5.41, 5.74) is 5.26. The second-order valence-electron chi connectivity index (χ2n) is 11.6. The van der Waals surface area contributed by atoms with E-state index in [0.29, 0.717) is 37.9 Å². The Labute approximate surface area is 253 Å². The Bertz CT molecular complexity index is 1710. The van der Waals surface area contributed by atoms with Crippen LogP contribution >= 0.6 is 0 Å². The van der Waals surface area contributed by atoms with E-state index in [4.69, 9.17) is 9.47 Å². The SMILES string of the molecule is Cc1ccccc1-c1cccc2c1c(CNCC1CCCCC1)c(OC(=O)O)n2CCCOc1cccc2ccccc12. The van der Waals surface area contributed by atoms with Crippen molar-refractivity contribution in [2.24, 2.45) is 5.92 Å². The first kappa shape index (κ1) is 28.8. The lowest BCUT2D eigenvalue weighted by atomic mass is 9.89. The molecule has 6 rings (SSSR count). The van der Waals surface area contributed by atoms with Gasteiger partial charge >= 0.3 is 6.16 Å². The highest BCUT2D eigenvalue weighted by atomic mass is 16.7. The summed E-state index contributed by atoms with van der Waals surface area (Å²) in [5, 5.41) is 16.8. The highest BCUT2D eigenvalue weighted by molar-refractivity contribution is 6.00. The number of aromatic nitrogens is 1. The van der Waals surface area contributed by atoms with Crippen molar-refractivity contribution >= 4 is 27.8 Å². The van der Waals surface area contributed by atoms with Gasteiger partial charge in [-0.15, -0.1) is 0 Å². The van der Waals surface area contributed by atoms with Crippen molar-refractivity contribution in [1.29, 1.82) is 0 Å². The molecule has 1 aliphatic rings. The van der Waals surface area contributed by atoms with E-state index in [1.807, 2.05) is 34.9 Å². The van der Waals surface area contributed by atoms with Crippen LogP contribution in [0.25, 0.3) is 32.8 Å². The highest BCUT2D eigenvalue weighted by Crippen LogP contribution is 2.40. The van der Waals surface area contributed by atoms with Gasteiger partial charge in [0.15, 0.2) is 0 Å². The van der Waals surface area contributed by atoms with E-state index < -0.39 is 6.16 Å².